The summed E-state index contributed by atoms with van der Waals surface area (Å²) < 4.78 is 11.1. The number of hydrogen-bond donors (Lipinski definition) is 0. The van der Waals surface area contributed by atoms with Crippen molar-refractivity contribution in [3.05, 3.63) is 17.8 Å². The summed E-state index contributed by atoms with van der Waals surface area (Å²) in [6, 6.07) is 0. The van der Waals surface area contributed by atoms with Crippen LogP contribution in [0.2, 0.25) is 0 Å². The van der Waals surface area contributed by atoms with Gasteiger partial charge in [-0.3, -0.25) is 4.79 Å². The second-order valence-electron chi connectivity index (χ2n) is 11.4. The summed E-state index contributed by atoms with van der Waals surface area (Å²) in [5.74, 6) is 1.97. The fourth-order valence-corrected chi connectivity index (χ4v) is 9.75. The van der Waals surface area contributed by atoms with Crippen molar-refractivity contribution in [2.45, 2.75) is 65.9 Å². The zero-order valence-corrected chi connectivity index (χ0v) is 18.4. The van der Waals surface area contributed by atoms with Crippen molar-refractivity contribution in [3.63, 3.8) is 0 Å². The van der Waals surface area contributed by atoms with Gasteiger partial charge in [-0.25, -0.2) is 4.79 Å². The molecule has 0 aromatic carbocycles. The van der Waals surface area contributed by atoms with Crippen molar-refractivity contribution >= 4 is 11.9 Å². The molecule has 0 bridgehead atoms. The SMILES string of the molecule is CCOC(=O)[C+]1C([O-])=CC23CC[C@H]4[C@@H]5C[C@@H]6OC(=O)[C@@H](C)[C@@H]6[C@@]5(C)CC[C@@H]4[C@@]2(C)C13. The zero-order chi connectivity index (χ0) is 21.2. The number of carbonyl (C=O) groups is 2. The first-order valence-electron chi connectivity index (χ1n) is 11.9. The molecular weight excluding hydrogens is 380 g/mol. The van der Waals surface area contributed by atoms with Crippen molar-refractivity contribution < 1.29 is 24.2 Å². The quantitative estimate of drug-likeness (QED) is 0.515. The normalized spacial score (nSPS) is 54.9. The van der Waals surface area contributed by atoms with E-state index in [9.17, 15) is 14.7 Å². The number of fused-ring (bicyclic) bond motifs is 7. The maximum absolute atomic E-state index is 12.7. The van der Waals surface area contributed by atoms with Gasteiger partial charge in [0.2, 0.25) is 0 Å². The predicted octanol–water partition coefficient (Wildman–Crippen LogP) is 3.03. The molecule has 5 fully saturated rings. The summed E-state index contributed by atoms with van der Waals surface area (Å²) in [4.78, 5) is 24.8. The number of esters is 2. The molecule has 1 heterocycles. The highest BCUT2D eigenvalue weighted by Crippen LogP contribution is 2.87. The summed E-state index contributed by atoms with van der Waals surface area (Å²) in [7, 11) is 0. The molecule has 5 nitrogen and oxygen atoms in total. The number of allylic oxidation sites excluding steroid dienone is 1. The maximum Gasteiger partial charge on any atom is 0.418 e. The van der Waals surface area contributed by atoms with E-state index in [1.807, 2.05) is 6.08 Å². The lowest BCUT2D eigenvalue weighted by atomic mass is 9.50. The molecule has 1 spiro atoms. The number of hydrogen-bond acceptors (Lipinski definition) is 5. The van der Waals surface area contributed by atoms with Crippen molar-refractivity contribution in [1.82, 2.24) is 0 Å². The third-order valence-electron chi connectivity index (χ3n) is 10.8. The van der Waals surface area contributed by atoms with Gasteiger partial charge in [0.05, 0.1) is 29.6 Å². The fourth-order valence-electron chi connectivity index (χ4n) is 9.75. The molecular formula is C25H32O5. The van der Waals surface area contributed by atoms with E-state index in [0.717, 1.165) is 32.1 Å². The molecule has 0 radical (unpaired) electrons. The Morgan fingerprint density at radius 3 is 2.80 bits per heavy atom. The van der Waals surface area contributed by atoms with Crippen molar-refractivity contribution in [2.75, 3.05) is 6.61 Å². The van der Waals surface area contributed by atoms with Gasteiger partial charge < -0.3 is 14.6 Å². The zero-order valence-electron chi connectivity index (χ0n) is 18.4. The van der Waals surface area contributed by atoms with Gasteiger partial charge in [-0.2, -0.15) is 0 Å². The molecule has 4 saturated carbocycles. The highest BCUT2D eigenvalue weighted by Gasteiger charge is 2.89. The van der Waals surface area contributed by atoms with E-state index in [0.29, 0.717) is 36.2 Å². The molecule has 5 heteroatoms. The molecule has 6 rings (SSSR count). The van der Waals surface area contributed by atoms with Crippen LogP contribution in [0, 0.1) is 57.7 Å². The molecule has 0 amide bonds. The first kappa shape index (κ1) is 19.1. The monoisotopic (exact) mass is 412 g/mol. The Balaban J connectivity index is 1.32. The molecule has 162 valence electrons. The van der Waals surface area contributed by atoms with Crippen LogP contribution in [0.1, 0.15) is 59.8 Å². The van der Waals surface area contributed by atoms with Gasteiger partial charge >= 0.3 is 11.9 Å². The Hall–Kier alpha value is -1.65. The van der Waals surface area contributed by atoms with Gasteiger partial charge in [0, 0.05) is 17.4 Å². The fraction of sp³-hybridized carbons (Fsp3) is 0.800. The summed E-state index contributed by atoms with van der Waals surface area (Å²) in [5.41, 5.74) is 0.0258. The molecule has 0 N–H and O–H groups in total. The summed E-state index contributed by atoms with van der Waals surface area (Å²) in [5, 5.41) is 12.7. The van der Waals surface area contributed by atoms with Crippen LogP contribution in [0.4, 0.5) is 0 Å². The minimum atomic E-state index is -0.399. The smallest absolute Gasteiger partial charge is 0.418 e. The molecule has 0 aromatic heterocycles. The van der Waals surface area contributed by atoms with Crippen LogP contribution in [0.15, 0.2) is 11.8 Å². The predicted molar refractivity (Wildman–Crippen MR) is 106 cm³/mol. The van der Waals surface area contributed by atoms with Gasteiger partial charge in [-0.05, 0) is 62.2 Å². The topological polar surface area (TPSA) is 75.7 Å². The molecule has 30 heavy (non-hydrogen) atoms. The van der Waals surface area contributed by atoms with E-state index in [2.05, 4.69) is 20.8 Å². The minimum absolute atomic E-state index is 0.00193. The number of carbonyl (C=O) groups excluding carboxylic acids is 2. The molecule has 10 atom stereocenters. The van der Waals surface area contributed by atoms with Crippen LogP contribution in [-0.2, 0) is 19.1 Å². The highest BCUT2D eigenvalue weighted by molar-refractivity contribution is 5.92. The highest BCUT2D eigenvalue weighted by atomic mass is 16.6. The lowest BCUT2D eigenvalue weighted by Crippen LogP contribution is -2.48. The standard InChI is InChI=1S/C25H32O5/c1-5-29-22(28)18-16(26)11-25-9-6-13-14(24(25,4)20(18)25)7-8-23(3)15(13)10-17-19(23)12(2)21(27)30-17/h11-15,17,19-20H,5-10H2,1-4H3/t12-,13+,14-,15-,17-,19-,20?,23-,24-,25?/m0/s1. The first-order chi connectivity index (χ1) is 14.2. The summed E-state index contributed by atoms with van der Waals surface area (Å²) in [6.45, 7) is 8.89. The van der Waals surface area contributed by atoms with E-state index in [-0.39, 0.29) is 45.9 Å². The van der Waals surface area contributed by atoms with Crippen molar-refractivity contribution in [3.8, 4) is 0 Å². The van der Waals surface area contributed by atoms with Gasteiger partial charge in [0.15, 0.2) is 5.92 Å². The maximum atomic E-state index is 12.7. The molecule has 0 aromatic rings. The van der Waals surface area contributed by atoms with E-state index in [1.54, 1.807) is 6.92 Å². The molecule has 1 aliphatic heterocycles. The lowest BCUT2D eigenvalue weighted by Gasteiger charge is -2.53. The van der Waals surface area contributed by atoms with Crippen LogP contribution >= 0.6 is 0 Å². The second kappa shape index (κ2) is 5.58. The average molecular weight is 413 g/mol. The third-order valence-corrected chi connectivity index (χ3v) is 10.8. The van der Waals surface area contributed by atoms with E-state index in [1.165, 1.54) is 0 Å². The Kier molecular flexibility index (Phi) is 3.54. The first-order valence-corrected chi connectivity index (χ1v) is 11.9. The third kappa shape index (κ3) is 1.86. The lowest BCUT2D eigenvalue weighted by molar-refractivity contribution is -0.302. The number of ether oxygens (including phenoxy) is 2. The Labute approximate surface area is 178 Å². The molecule has 2 unspecified atom stereocenters. The van der Waals surface area contributed by atoms with Gasteiger partial charge in [0.1, 0.15) is 6.10 Å². The molecule has 1 saturated heterocycles. The van der Waals surface area contributed by atoms with Gasteiger partial charge in [-0.15, -0.1) is 0 Å². The Morgan fingerprint density at radius 1 is 1.30 bits per heavy atom. The summed E-state index contributed by atoms with van der Waals surface area (Å²) in [6.07, 6.45) is 7.29. The van der Waals surface area contributed by atoms with Crippen LogP contribution in [0.25, 0.3) is 0 Å². The van der Waals surface area contributed by atoms with Crippen LogP contribution in [0.3, 0.4) is 0 Å². The van der Waals surface area contributed by atoms with Crippen LogP contribution in [0.5, 0.6) is 0 Å². The van der Waals surface area contributed by atoms with Crippen LogP contribution < -0.4 is 5.11 Å². The average Bonchev–Trinajstić information content (AvgIpc) is 2.95. The Morgan fingerprint density at radius 2 is 2.07 bits per heavy atom. The minimum Gasteiger partial charge on any atom is -0.841 e. The Bertz CT molecular complexity index is 864. The molecule has 5 aliphatic carbocycles. The van der Waals surface area contributed by atoms with E-state index >= 15 is 0 Å². The molecule has 6 aliphatic rings. The van der Waals surface area contributed by atoms with Crippen LogP contribution in [-0.4, -0.2) is 24.6 Å². The summed E-state index contributed by atoms with van der Waals surface area (Å²) >= 11 is 0. The van der Waals surface area contributed by atoms with Gasteiger partial charge in [-0.1, -0.05) is 20.8 Å². The largest absolute Gasteiger partial charge is 0.841 e. The van der Waals surface area contributed by atoms with Crippen molar-refractivity contribution in [2.24, 2.45) is 51.8 Å². The second-order valence-corrected chi connectivity index (χ2v) is 11.4. The van der Waals surface area contributed by atoms with Gasteiger partial charge in [0.25, 0.3) is 0 Å². The van der Waals surface area contributed by atoms with E-state index < -0.39 is 5.97 Å². The van der Waals surface area contributed by atoms with Crippen molar-refractivity contribution in [1.29, 1.82) is 0 Å². The van der Waals surface area contributed by atoms with E-state index in [4.69, 9.17) is 9.47 Å². The number of rotatable bonds is 2.